The first-order valence-electron chi connectivity index (χ1n) is 2.88. The van der Waals surface area contributed by atoms with Crippen molar-refractivity contribution in [2.45, 2.75) is 6.92 Å². The van der Waals surface area contributed by atoms with Gasteiger partial charge in [-0.25, -0.2) is 4.98 Å². The summed E-state index contributed by atoms with van der Waals surface area (Å²) in [6.45, 7) is 1.80. The van der Waals surface area contributed by atoms with Gasteiger partial charge in [0, 0.05) is 0 Å². The predicted octanol–water partition coefficient (Wildman–Crippen LogP) is 2.79. The van der Waals surface area contributed by atoms with Crippen LogP contribution in [0.2, 0.25) is 0 Å². The van der Waals surface area contributed by atoms with Crippen molar-refractivity contribution in [3.05, 3.63) is 26.4 Å². The Bertz CT molecular complexity index is 328. The summed E-state index contributed by atoms with van der Waals surface area (Å²) in [5.74, 6) is 0. The molecule has 4 heteroatoms. The molecule has 1 aromatic rings. The molecule has 56 valence electrons. The topological polar surface area (TPSA) is 36.7 Å². The maximum Gasteiger partial charge on any atom is 0.120 e. The highest BCUT2D eigenvalue weighted by Crippen LogP contribution is 2.22. The van der Waals surface area contributed by atoms with E-state index in [4.69, 9.17) is 5.26 Å². The summed E-state index contributed by atoms with van der Waals surface area (Å²) in [5.41, 5.74) is 1.34. The molecule has 11 heavy (non-hydrogen) atoms. The molecule has 0 unspecified atom stereocenters. The highest BCUT2D eigenvalue weighted by Gasteiger charge is 2.03. The van der Waals surface area contributed by atoms with E-state index in [1.54, 1.807) is 13.0 Å². The van der Waals surface area contributed by atoms with E-state index in [2.05, 4.69) is 36.8 Å². The highest BCUT2D eigenvalue weighted by atomic mass is 79.9. The van der Waals surface area contributed by atoms with Gasteiger partial charge in [-0.1, -0.05) is 0 Å². The van der Waals surface area contributed by atoms with E-state index in [0.717, 1.165) is 14.8 Å². The van der Waals surface area contributed by atoms with Gasteiger partial charge in [-0.2, -0.15) is 5.26 Å². The Labute approximate surface area is 81.5 Å². The number of halogens is 2. The zero-order valence-electron chi connectivity index (χ0n) is 5.73. The average Bonchev–Trinajstić information content (AvgIpc) is 1.97. The number of rotatable bonds is 0. The number of aromatic nitrogens is 1. The summed E-state index contributed by atoms with van der Waals surface area (Å²) in [7, 11) is 0. The van der Waals surface area contributed by atoms with Gasteiger partial charge in [0.15, 0.2) is 0 Å². The Morgan fingerprint density at radius 2 is 2.18 bits per heavy atom. The molecular formula is C7H4Br2N2. The molecule has 0 fully saturated rings. The minimum absolute atomic E-state index is 0.597. The van der Waals surface area contributed by atoms with E-state index in [0.29, 0.717) is 5.56 Å². The number of pyridine rings is 1. The molecule has 0 spiro atoms. The molecule has 0 aliphatic heterocycles. The Kier molecular flexibility index (Phi) is 2.63. The third-order valence-corrected chi connectivity index (χ3v) is 2.99. The Balaban J connectivity index is 3.35. The van der Waals surface area contributed by atoms with Gasteiger partial charge in [-0.3, -0.25) is 0 Å². The fourth-order valence-electron chi connectivity index (χ4n) is 0.665. The van der Waals surface area contributed by atoms with Crippen molar-refractivity contribution in [3.63, 3.8) is 0 Å². The van der Waals surface area contributed by atoms with Crippen LogP contribution in [0.15, 0.2) is 15.1 Å². The van der Waals surface area contributed by atoms with Crippen LogP contribution in [-0.2, 0) is 0 Å². The average molecular weight is 276 g/mol. The van der Waals surface area contributed by atoms with Crippen LogP contribution in [0.4, 0.5) is 0 Å². The molecule has 1 aromatic heterocycles. The van der Waals surface area contributed by atoms with Gasteiger partial charge < -0.3 is 0 Å². The van der Waals surface area contributed by atoms with Crippen molar-refractivity contribution in [3.8, 4) is 6.07 Å². The lowest BCUT2D eigenvalue weighted by molar-refractivity contribution is 1.14. The summed E-state index contributed by atoms with van der Waals surface area (Å²) in [6, 6.07) is 3.79. The van der Waals surface area contributed by atoms with Gasteiger partial charge in [-0.05, 0) is 44.8 Å². The van der Waals surface area contributed by atoms with Gasteiger partial charge in [-0.15, -0.1) is 0 Å². The standard InChI is InChI=1S/C7H4Br2N2/c1-4-5(3-10)2-6(8)7(9)11-4/h2H,1H3. The summed E-state index contributed by atoms with van der Waals surface area (Å²) in [6.07, 6.45) is 0. The lowest BCUT2D eigenvalue weighted by Crippen LogP contribution is -1.88. The SMILES string of the molecule is Cc1nc(Br)c(Br)cc1C#N. The quantitative estimate of drug-likeness (QED) is 0.683. The van der Waals surface area contributed by atoms with Crippen LogP contribution in [0.25, 0.3) is 0 Å². The fourth-order valence-corrected chi connectivity index (χ4v) is 1.36. The Hall–Kier alpha value is -0.400. The van der Waals surface area contributed by atoms with Crippen LogP contribution in [0.1, 0.15) is 11.3 Å². The fraction of sp³-hybridized carbons (Fsp3) is 0.143. The largest absolute Gasteiger partial charge is 0.244 e. The van der Waals surface area contributed by atoms with E-state index in [1.807, 2.05) is 6.07 Å². The van der Waals surface area contributed by atoms with E-state index < -0.39 is 0 Å². The minimum Gasteiger partial charge on any atom is -0.244 e. The highest BCUT2D eigenvalue weighted by molar-refractivity contribution is 9.13. The van der Waals surface area contributed by atoms with Crippen molar-refractivity contribution in [2.24, 2.45) is 0 Å². The molecule has 0 aliphatic carbocycles. The number of nitriles is 1. The van der Waals surface area contributed by atoms with Gasteiger partial charge in [0.2, 0.25) is 0 Å². The molecule has 0 bridgehead atoms. The maximum atomic E-state index is 8.61. The lowest BCUT2D eigenvalue weighted by atomic mass is 10.2. The van der Waals surface area contributed by atoms with Crippen LogP contribution >= 0.6 is 31.9 Å². The van der Waals surface area contributed by atoms with E-state index in [9.17, 15) is 0 Å². The smallest absolute Gasteiger partial charge is 0.120 e. The molecule has 0 aromatic carbocycles. The summed E-state index contributed by atoms with van der Waals surface area (Å²) in [4.78, 5) is 4.09. The zero-order valence-corrected chi connectivity index (χ0v) is 8.90. The Morgan fingerprint density at radius 3 is 2.73 bits per heavy atom. The maximum absolute atomic E-state index is 8.61. The van der Waals surface area contributed by atoms with E-state index in [1.165, 1.54) is 0 Å². The molecular weight excluding hydrogens is 272 g/mol. The normalized spacial score (nSPS) is 9.27. The van der Waals surface area contributed by atoms with Crippen LogP contribution in [-0.4, -0.2) is 4.98 Å². The molecule has 0 N–H and O–H groups in total. The number of hydrogen-bond acceptors (Lipinski definition) is 2. The van der Waals surface area contributed by atoms with Gasteiger partial charge in [0.05, 0.1) is 15.7 Å². The number of aryl methyl sites for hydroxylation is 1. The van der Waals surface area contributed by atoms with Crippen molar-refractivity contribution in [1.29, 1.82) is 5.26 Å². The summed E-state index contributed by atoms with van der Waals surface area (Å²) >= 11 is 6.50. The van der Waals surface area contributed by atoms with Crippen molar-refractivity contribution in [2.75, 3.05) is 0 Å². The first kappa shape index (κ1) is 8.69. The second-order valence-corrected chi connectivity index (χ2v) is 3.61. The van der Waals surface area contributed by atoms with E-state index in [-0.39, 0.29) is 0 Å². The van der Waals surface area contributed by atoms with Crippen LogP contribution in [0.5, 0.6) is 0 Å². The first-order valence-corrected chi connectivity index (χ1v) is 4.46. The molecule has 0 atom stereocenters. The number of nitrogens with zero attached hydrogens (tertiary/aromatic N) is 2. The molecule has 0 saturated heterocycles. The third kappa shape index (κ3) is 1.79. The molecule has 0 saturated carbocycles. The summed E-state index contributed by atoms with van der Waals surface area (Å²) < 4.78 is 1.54. The van der Waals surface area contributed by atoms with E-state index >= 15 is 0 Å². The van der Waals surface area contributed by atoms with Crippen LogP contribution < -0.4 is 0 Å². The first-order chi connectivity index (χ1) is 5.15. The van der Waals surface area contributed by atoms with Gasteiger partial charge in [0.1, 0.15) is 10.7 Å². The zero-order chi connectivity index (χ0) is 8.43. The van der Waals surface area contributed by atoms with Crippen LogP contribution in [0.3, 0.4) is 0 Å². The minimum atomic E-state index is 0.597. The molecule has 1 rings (SSSR count). The third-order valence-electron chi connectivity index (χ3n) is 1.24. The van der Waals surface area contributed by atoms with Gasteiger partial charge >= 0.3 is 0 Å². The second-order valence-electron chi connectivity index (χ2n) is 2.01. The molecule has 0 amide bonds. The monoisotopic (exact) mass is 274 g/mol. The molecule has 0 aliphatic rings. The number of hydrogen-bond donors (Lipinski definition) is 0. The van der Waals surface area contributed by atoms with Gasteiger partial charge in [0.25, 0.3) is 0 Å². The molecule has 2 nitrogen and oxygen atoms in total. The Morgan fingerprint density at radius 1 is 1.55 bits per heavy atom. The molecule has 1 heterocycles. The van der Waals surface area contributed by atoms with Crippen molar-refractivity contribution in [1.82, 2.24) is 4.98 Å². The second kappa shape index (κ2) is 3.33. The molecule has 0 radical (unpaired) electrons. The van der Waals surface area contributed by atoms with Crippen LogP contribution in [0, 0.1) is 18.3 Å². The van der Waals surface area contributed by atoms with Crippen molar-refractivity contribution < 1.29 is 0 Å². The van der Waals surface area contributed by atoms with Crippen molar-refractivity contribution >= 4 is 31.9 Å². The lowest BCUT2D eigenvalue weighted by Gasteiger charge is -1.98. The summed E-state index contributed by atoms with van der Waals surface area (Å²) in [5, 5.41) is 8.61. The predicted molar refractivity (Wildman–Crippen MR) is 49.1 cm³/mol.